The fourth-order valence-corrected chi connectivity index (χ4v) is 5.43. The third kappa shape index (κ3) is 4.45. The van der Waals surface area contributed by atoms with Crippen LogP contribution in [0.3, 0.4) is 0 Å². The summed E-state index contributed by atoms with van der Waals surface area (Å²) in [6, 6.07) is 16.4. The third-order valence-corrected chi connectivity index (χ3v) is 7.45. The summed E-state index contributed by atoms with van der Waals surface area (Å²) < 4.78 is 65.2. The highest BCUT2D eigenvalue weighted by Gasteiger charge is 2.21. The van der Waals surface area contributed by atoms with Crippen LogP contribution in [0.2, 0.25) is 0 Å². The first kappa shape index (κ1) is 23.6. The molecule has 0 radical (unpaired) electrons. The molecule has 5 aromatic rings. The van der Waals surface area contributed by atoms with Crippen molar-refractivity contribution in [2.75, 3.05) is 7.11 Å². The lowest BCUT2D eigenvalue weighted by atomic mass is 9.98. The Kier molecular flexibility index (Phi) is 6.01. The van der Waals surface area contributed by atoms with Crippen LogP contribution >= 0.6 is 0 Å². The van der Waals surface area contributed by atoms with E-state index in [-0.39, 0.29) is 16.2 Å². The SMILES string of the molecule is COc1cc(-c2cccc(F)c2)c(F)cc1-c1nc(C)cc2cc(S(=O)(=O)Cc3ccon3)ccc12. The highest BCUT2D eigenvalue weighted by Crippen LogP contribution is 2.39. The first-order valence-corrected chi connectivity index (χ1v) is 12.6. The summed E-state index contributed by atoms with van der Waals surface area (Å²) in [5, 5.41) is 4.93. The van der Waals surface area contributed by atoms with Gasteiger partial charge in [0, 0.05) is 28.3 Å². The van der Waals surface area contributed by atoms with Crippen LogP contribution < -0.4 is 4.74 Å². The fourth-order valence-electron chi connectivity index (χ4n) is 4.14. The van der Waals surface area contributed by atoms with Crippen LogP contribution in [-0.2, 0) is 15.6 Å². The molecule has 36 heavy (non-hydrogen) atoms. The fraction of sp³-hybridized carbons (Fsp3) is 0.111. The third-order valence-electron chi connectivity index (χ3n) is 5.80. The van der Waals surface area contributed by atoms with Gasteiger partial charge < -0.3 is 9.26 Å². The predicted molar refractivity (Wildman–Crippen MR) is 131 cm³/mol. The zero-order valence-corrected chi connectivity index (χ0v) is 20.1. The quantitative estimate of drug-likeness (QED) is 0.276. The summed E-state index contributed by atoms with van der Waals surface area (Å²) in [4.78, 5) is 4.73. The number of pyridine rings is 1. The van der Waals surface area contributed by atoms with Gasteiger partial charge in [-0.1, -0.05) is 23.4 Å². The molecule has 5 rings (SSSR count). The molecule has 9 heteroatoms. The van der Waals surface area contributed by atoms with E-state index in [4.69, 9.17) is 9.26 Å². The normalized spacial score (nSPS) is 11.7. The van der Waals surface area contributed by atoms with Gasteiger partial charge >= 0.3 is 0 Å². The van der Waals surface area contributed by atoms with Crippen LogP contribution in [0.15, 0.2) is 82.4 Å². The van der Waals surface area contributed by atoms with Crippen molar-refractivity contribution in [2.45, 2.75) is 17.6 Å². The first-order chi connectivity index (χ1) is 17.2. The van der Waals surface area contributed by atoms with E-state index in [1.54, 1.807) is 31.2 Å². The molecule has 3 aromatic carbocycles. The summed E-state index contributed by atoms with van der Waals surface area (Å²) >= 11 is 0. The summed E-state index contributed by atoms with van der Waals surface area (Å²) in [7, 11) is -2.23. The molecule has 0 spiro atoms. The number of hydrogen-bond donors (Lipinski definition) is 0. The van der Waals surface area contributed by atoms with Gasteiger partial charge in [0.05, 0.1) is 23.4 Å². The van der Waals surface area contributed by atoms with E-state index in [9.17, 15) is 12.8 Å². The molecule has 0 saturated carbocycles. The van der Waals surface area contributed by atoms with E-state index >= 15 is 4.39 Å². The van der Waals surface area contributed by atoms with Crippen LogP contribution in [-0.4, -0.2) is 25.7 Å². The molecular weight excluding hydrogens is 486 g/mol. The molecule has 0 unspecified atom stereocenters. The molecule has 2 aromatic heterocycles. The van der Waals surface area contributed by atoms with Crippen molar-refractivity contribution in [3.05, 3.63) is 96.0 Å². The highest BCUT2D eigenvalue weighted by atomic mass is 32.2. The largest absolute Gasteiger partial charge is 0.496 e. The molecule has 0 N–H and O–H groups in total. The standard InChI is InChI=1S/C27H20F2N2O4S/c1-16-10-18-12-21(36(32,33)15-20-8-9-35-31-20)6-7-22(18)27(30-16)24-13-25(29)23(14-26(24)34-2)17-4-3-5-19(28)11-17/h3-14H,15H2,1-2H3. The van der Waals surface area contributed by atoms with Crippen molar-refractivity contribution in [1.29, 1.82) is 0 Å². The number of fused-ring (bicyclic) bond motifs is 1. The second-order valence-corrected chi connectivity index (χ2v) is 10.3. The number of halogens is 2. The van der Waals surface area contributed by atoms with Gasteiger partial charge in [0.1, 0.15) is 29.4 Å². The summed E-state index contributed by atoms with van der Waals surface area (Å²) in [5.74, 6) is -1.000. The Hall–Kier alpha value is -4.11. The lowest BCUT2D eigenvalue weighted by molar-refractivity contribution is 0.413. The Morgan fingerprint density at radius 1 is 0.972 bits per heavy atom. The molecule has 0 aliphatic rings. The molecule has 0 bridgehead atoms. The van der Waals surface area contributed by atoms with Crippen molar-refractivity contribution in [2.24, 2.45) is 0 Å². The van der Waals surface area contributed by atoms with Gasteiger partial charge in [-0.05, 0) is 60.3 Å². The van der Waals surface area contributed by atoms with Gasteiger partial charge in [0.15, 0.2) is 9.84 Å². The molecule has 0 atom stereocenters. The van der Waals surface area contributed by atoms with Crippen molar-refractivity contribution >= 4 is 20.6 Å². The van der Waals surface area contributed by atoms with Gasteiger partial charge in [-0.25, -0.2) is 17.2 Å². The zero-order chi connectivity index (χ0) is 25.4. The van der Waals surface area contributed by atoms with Gasteiger partial charge in [-0.2, -0.15) is 0 Å². The second kappa shape index (κ2) is 9.16. The van der Waals surface area contributed by atoms with Crippen LogP contribution in [0, 0.1) is 18.6 Å². The maximum absolute atomic E-state index is 15.3. The Labute approximate surface area is 206 Å². The number of aryl methyl sites for hydroxylation is 1. The van der Waals surface area contributed by atoms with Crippen LogP contribution in [0.5, 0.6) is 5.75 Å². The predicted octanol–water partition coefficient (Wildman–Crippen LogP) is 6.13. The van der Waals surface area contributed by atoms with Crippen LogP contribution in [0.4, 0.5) is 8.78 Å². The topological polar surface area (TPSA) is 82.3 Å². The maximum atomic E-state index is 15.3. The molecule has 0 fully saturated rings. The number of ether oxygens (including phenoxy) is 1. The molecule has 0 saturated heterocycles. The van der Waals surface area contributed by atoms with Crippen molar-refractivity contribution in [3.63, 3.8) is 0 Å². The summed E-state index contributed by atoms with van der Waals surface area (Å²) in [5.41, 5.74) is 2.31. The van der Waals surface area contributed by atoms with Gasteiger partial charge in [-0.3, -0.25) is 4.98 Å². The van der Waals surface area contributed by atoms with E-state index < -0.39 is 21.5 Å². The molecular formula is C27H20F2N2O4S. The lowest BCUT2D eigenvalue weighted by Crippen LogP contribution is -2.05. The highest BCUT2D eigenvalue weighted by molar-refractivity contribution is 7.90. The average molecular weight is 507 g/mol. The Morgan fingerprint density at radius 2 is 1.81 bits per heavy atom. The van der Waals surface area contributed by atoms with Gasteiger partial charge in [0.2, 0.25) is 0 Å². The van der Waals surface area contributed by atoms with Gasteiger partial charge in [-0.15, -0.1) is 0 Å². The van der Waals surface area contributed by atoms with E-state index in [0.717, 1.165) is 0 Å². The minimum absolute atomic E-state index is 0.120. The zero-order valence-electron chi connectivity index (χ0n) is 19.3. The smallest absolute Gasteiger partial charge is 0.184 e. The van der Waals surface area contributed by atoms with Gasteiger partial charge in [0.25, 0.3) is 0 Å². The molecule has 182 valence electrons. The first-order valence-electron chi connectivity index (χ1n) is 10.9. The Balaban J connectivity index is 1.64. The Morgan fingerprint density at radius 3 is 2.53 bits per heavy atom. The lowest BCUT2D eigenvalue weighted by Gasteiger charge is -2.15. The molecule has 0 aliphatic heterocycles. The Bertz CT molecular complexity index is 1700. The molecule has 2 heterocycles. The van der Waals surface area contributed by atoms with E-state index in [1.807, 2.05) is 0 Å². The number of aromatic nitrogens is 2. The van der Waals surface area contributed by atoms with E-state index in [1.165, 1.54) is 55.8 Å². The second-order valence-electron chi connectivity index (χ2n) is 8.29. The minimum Gasteiger partial charge on any atom is -0.496 e. The number of hydrogen-bond acceptors (Lipinski definition) is 6. The molecule has 6 nitrogen and oxygen atoms in total. The number of sulfone groups is 1. The number of methoxy groups -OCH3 is 1. The maximum Gasteiger partial charge on any atom is 0.184 e. The van der Waals surface area contributed by atoms with Crippen LogP contribution in [0.25, 0.3) is 33.2 Å². The minimum atomic E-state index is -3.68. The summed E-state index contributed by atoms with van der Waals surface area (Å²) in [6.07, 6.45) is 1.32. The van der Waals surface area contributed by atoms with E-state index in [0.29, 0.717) is 44.7 Å². The average Bonchev–Trinajstić information content (AvgIpc) is 3.35. The monoisotopic (exact) mass is 506 g/mol. The molecule has 0 aliphatic carbocycles. The number of benzene rings is 3. The number of rotatable bonds is 6. The number of nitrogens with zero attached hydrogens (tertiary/aromatic N) is 2. The molecule has 0 amide bonds. The van der Waals surface area contributed by atoms with Crippen molar-refractivity contribution < 1.29 is 26.5 Å². The van der Waals surface area contributed by atoms with Crippen molar-refractivity contribution in [1.82, 2.24) is 10.1 Å². The van der Waals surface area contributed by atoms with Crippen molar-refractivity contribution in [3.8, 4) is 28.1 Å². The van der Waals surface area contributed by atoms with E-state index in [2.05, 4.69) is 10.1 Å². The summed E-state index contributed by atoms with van der Waals surface area (Å²) in [6.45, 7) is 1.77. The van der Waals surface area contributed by atoms with Crippen LogP contribution in [0.1, 0.15) is 11.4 Å².